The maximum atomic E-state index is 13.6. The molecule has 0 fully saturated rings. The summed E-state index contributed by atoms with van der Waals surface area (Å²) < 4.78 is 53.2. The summed E-state index contributed by atoms with van der Waals surface area (Å²) in [4.78, 5) is -0.567. The van der Waals surface area contributed by atoms with Crippen LogP contribution in [0.25, 0.3) is 0 Å². The first-order valence-corrected chi connectivity index (χ1v) is 8.13. The van der Waals surface area contributed by atoms with Crippen LogP contribution in [0.1, 0.15) is 27.2 Å². The van der Waals surface area contributed by atoms with Crippen LogP contribution in [0.5, 0.6) is 0 Å². The molecule has 0 aliphatic rings. The van der Waals surface area contributed by atoms with Crippen molar-refractivity contribution >= 4 is 21.6 Å². The highest BCUT2D eigenvalue weighted by molar-refractivity contribution is 7.89. The van der Waals surface area contributed by atoms with Gasteiger partial charge in [0.2, 0.25) is 10.0 Å². The zero-order valence-electron chi connectivity index (χ0n) is 11.6. The van der Waals surface area contributed by atoms with Gasteiger partial charge in [0.05, 0.1) is 0 Å². The van der Waals surface area contributed by atoms with E-state index in [1.165, 1.54) is 0 Å². The van der Waals surface area contributed by atoms with Gasteiger partial charge in [-0.2, -0.15) is 0 Å². The van der Waals surface area contributed by atoms with E-state index in [4.69, 9.17) is 11.6 Å². The van der Waals surface area contributed by atoms with E-state index in [1.54, 1.807) is 0 Å². The topological polar surface area (TPSA) is 46.2 Å². The molecule has 0 heterocycles. The van der Waals surface area contributed by atoms with Crippen molar-refractivity contribution in [1.82, 2.24) is 4.72 Å². The molecule has 0 radical (unpaired) electrons. The number of alkyl halides is 1. The Balaban J connectivity index is 3.10. The SMILES string of the molecule is CC(C)(C)C(CCCl)NS(=O)(=O)c1ccc(F)cc1F. The summed E-state index contributed by atoms with van der Waals surface area (Å²) in [5.41, 5.74) is -0.377. The highest BCUT2D eigenvalue weighted by atomic mass is 35.5. The third-order valence-electron chi connectivity index (χ3n) is 2.92. The highest BCUT2D eigenvalue weighted by Crippen LogP contribution is 2.25. The molecule has 114 valence electrons. The van der Waals surface area contributed by atoms with E-state index in [1.807, 2.05) is 20.8 Å². The molecule has 0 aromatic heterocycles. The molecular weight excluding hydrogens is 308 g/mol. The molecule has 0 saturated heterocycles. The normalized spacial score (nSPS) is 14.3. The van der Waals surface area contributed by atoms with Crippen LogP contribution < -0.4 is 4.72 Å². The summed E-state index contributed by atoms with van der Waals surface area (Å²) in [5, 5.41) is 0. The van der Waals surface area contributed by atoms with Crippen LogP contribution in [0.4, 0.5) is 8.78 Å². The van der Waals surface area contributed by atoms with E-state index in [9.17, 15) is 17.2 Å². The van der Waals surface area contributed by atoms with Crippen molar-refractivity contribution < 1.29 is 17.2 Å². The van der Waals surface area contributed by atoms with Crippen molar-refractivity contribution in [3.63, 3.8) is 0 Å². The van der Waals surface area contributed by atoms with Crippen LogP contribution in [0, 0.1) is 17.0 Å². The Bertz CT molecular complexity index is 570. The molecule has 7 heteroatoms. The maximum Gasteiger partial charge on any atom is 0.243 e. The standard InChI is InChI=1S/C13H18ClF2NO2S/c1-13(2,3)12(6-7-14)17-20(18,19)11-5-4-9(15)8-10(11)16/h4-5,8,12,17H,6-7H2,1-3H3. The van der Waals surface area contributed by atoms with E-state index >= 15 is 0 Å². The van der Waals surface area contributed by atoms with Gasteiger partial charge >= 0.3 is 0 Å². The Kier molecular flexibility index (Phi) is 5.52. The Labute approximate surface area is 123 Å². The van der Waals surface area contributed by atoms with Gasteiger partial charge in [-0.15, -0.1) is 11.6 Å². The predicted molar refractivity (Wildman–Crippen MR) is 75.3 cm³/mol. The molecule has 1 aromatic carbocycles. The predicted octanol–water partition coefficient (Wildman–Crippen LogP) is 3.29. The van der Waals surface area contributed by atoms with Gasteiger partial charge in [-0.1, -0.05) is 20.8 Å². The van der Waals surface area contributed by atoms with E-state index in [0.717, 1.165) is 12.1 Å². The number of nitrogens with one attached hydrogen (secondary N) is 1. The molecule has 1 atom stereocenters. The fourth-order valence-corrected chi connectivity index (χ4v) is 3.48. The summed E-state index contributed by atoms with van der Waals surface area (Å²) >= 11 is 5.67. The van der Waals surface area contributed by atoms with Gasteiger partial charge in [-0.3, -0.25) is 0 Å². The highest BCUT2D eigenvalue weighted by Gasteiger charge is 2.30. The van der Waals surface area contributed by atoms with Crippen molar-refractivity contribution in [2.45, 2.75) is 38.1 Å². The largest absolute Gasteiger partial charge is 0.243 e. The van der Waals surface area contributed by atoms with Crippen LogP contribution >= 0.6 is 11.6 Å². The minimum absolute atomic E-state index is 0.274. The van der Waals surface area contributed by atoms with Crippen LogP contribution in [-0.2, 0) is 10.0 Å². The minimum Gasteiger partial charge on any atom is -0.207 e. The smallest absolute Gasteiger partial charge is 0.207 e. The first-order chi connectivity index (χ1) is 9.08. The van der Waals surface area contributed by atoms with Gasteiger partial charge < -0.3 is 0 Å². The van der Waals surface area contributed by atoms with Crippen LogP contribution in [-0.4, -0.2) is 20.3 Å². The summed E-state index contributed by atoms with van der Waals surface area (Å²) in [7, 11) is -4.06. The molecule has 0 spiro atoms. The third-order valence-corrected chi connectivity index (χ3v) is 4.65. The number of rotatable bonds is 5. The molecule has 3 nitrogen and oxygen atoms in total. The Morgan fingerprint density at radius 2 is 1.90 bits per heavy atom. The lowest BCUT2D eigenvalue weighted by molar-refractivity contribution is 0.292. The fourth-order valence-electron chi connectivity index (χ4n) is 1.72. The van der Waals surface area contributed by atoms with Crippen LogP contribution in [0.3, 0.4) is 0 Å². The molecule has 0 saturated carbocycles. The Hall–Kier alpha value is -0.720. The number of hydrogen-bond donors (Lipinski definition) is 1. The Morgan fingerprint density at radius 3 is 2.35 bits per heavy atom. The average molecular weight is 326 g/mol. The summed E-state index contributed by atoms with van der Waals surface area (Å²) in [6.45, 7) is 5.56. The van der Waals surface area contributed by atoms with Gasteiger partial charge in [0.25, 0.3) is 0 Å². The van der Waals surface area contributed by atoms with Crippen molar-refractivity contribution in [1.29, 1.82) is 0 Å². The molecule has 1 N–H and O–H groups in total. The molecule has 0 aliphatic heterocycles. The van der Waals surface area contributed by atoms with Gasteiger partial charge in [-0.25, -0.2) is 21.9 Å². The first kappa shape index (κ1) is 17.3. The van der Waals surface area contributed by atoms with Crippen LogP contribution in [0.2, 0.25) is 0 Å². The van der Waals surface area contributed by atoms with E-state index in [-0.39, 0.29) is 11.3 Å². The third kappa shape index (κ3) is 4.40. The quantitative estimate of drug-likeness (QED) is 0.844. The van der Waals surface area contributed by atoms with Gasteiger partial charge in [0.15, 0.2) is 0 Å². The zero-order chi connectivity index (χ0) is 15.6. The average Bonchev–Trinajstić information content (AvgIpc) is 2.26. The molecule has 0 amide bonds. The summed E-state index contributed by atoms with van der Waals surface area (Å²) in [6.07, 6.45) is 0.410. The number of hydrogen-bond acceptors (Lipinski definition) is 2. The van der Waals surface area contributed by atoms with Crippen molar-refractivity contribution in [2.24, 2.45) is 5.41 Å². The Morgan fingerprint density at radius 1 is 1.30 bits per heavy atom. The lowest BCUT2D eigenvalue weighted by atomic mass is 9.86. The zero-order valence-corrected chi connectivity index (χ0v) is 13.2. The van der Waals surface area contributed by atoms with E-state index < -0.39 is 32.6 Å². The number of benzene rings is 1. The molecule has 0 bridgehead atoms. The number of sulfonamides is 1. The second-order valence-electron chi connectivity index (χ2n) is 5.59. The fraction of sp³-hybridized carbons (Fsp3) is 0.538. The van der Waals surface area contributed by atoms with E-state index in [2.05, 4.69) is 4.72 Å². The molecule has 1 aromatic rings. The van der Waals surface area contributed by atoms with Gasteiger partial charge in [-0.05, 0) is 24.0 Å². The van der Waals surface area contributed by atoms with Crippen molar-refractivity contribution in [2.75, 3.05) is 5.88 Å². The van der Waals surface area contributed by atoms with Crippen molar-refractivity contribution in [3.8, 4) is 0 Å². The molecule has 0 aliphatic carbocycles. The maximum absolute atomic E-state index is 13.6. The van der Waals surface area contributed by atoms with E-state index in [0.29, 0.717) is 12.5 Å². The monoisotopic (exact) mass is 325 g/mol. The molecule has 1 rings (SSSR count). The van der Waals surface area contributed by atoms with Crippen molar-refractivity contribution in [3.05, 3.63) is 29.8 Å². The minimum atomic E-state index is -4.06. The van der Waals surface area contributed by atoms with Gasteiger partial charge in [0, 0.05) is 18.0 Å². The number of halogens is 3. The summed E-state index contributed by atoms with van der Waals surface area (Å²) in [5.74, 6) is -1.67. The summed E-state index contributed by atoms with van der Waals surface area (Å²) in [6, 6.07) is 1.91. The van der Waals surface area contributed by atoms with Gasteiger partial charge in [0.1, 0.15) is 16.5 Å². The van der Waals surface area contributed by atoms with Crippen LogP contribution in [0.15, 0.2) is 23.1 Å². The molecule has 20 heavy (non-hydrogen) atoms. The first-order valence-electron chi connectivity index (χ1n) is 6.11. The second-order valence-corrected chi connectivity index (χ2v) is 7.65. The molecule has 1 unspecified atom stereocenters. The second kappa shape index (κ2) is 6.37. The lowest BCUT2D eigenvalue weighted by Crippen LogP contribution is -2.44. The molecular formula is C13H18ClF2NO2S. The lowest BCUT2D eigenvalue weighted by Gasteiger charge is -2.30.